The number of amides is 2. The molecule has 1 aliphatic rings. The number of aliphatic hydroxyl groups excluding tert-OH is 1. The molecule has 1 aromatic rings. The Kier molecular flexibility index (Phi) is 6.21. The van der Waals surface area contributed by atoms with Gasteiger partial charge >= 0.3 is 0 Å². The fourth-order valence-electron chi connectivity index (χ4n) is 2.63. The van der Waals surface area contributed by atoms with Crippen molar-refractivity contribution in [2.75, 3.05) is 13.1 Å². The SMILES string of the molecule is O=C(CNC(=O)C1CCCC1)NCC(O)c1ccccc1Cl. The van der Waals surface area contributed by atoms with Crippen molar-refractivity contribution in [1.29, 1.82) is 0 Å². The fraction of sp³-hybridized carbons (Fsp3) is 0.500. The van der Waals surface area contributed by atoms with Gasteiger partial charge < -0.3 is 15.7 Å². The van der Waals surface area contributed by atoms with Gasteiger partial charge in [0.25, 0.3) is 0 Å². The van der Waals surface area contributed by atoms with Gasteiger partial charge in [0.05, 0.1) is 12.6 Å². The van der Waals surface area contributed by atoms with Crippen LogP contribution in [0.5, 0.6) is 0 Å². The van der Waals surface area contributed by atoms with Gasteiger partial charge in [-0.15, -0.1) is 0 Å². The van der Waals surface area contributed by atoms with E-state index in [1.807, 2.05) is 0 Å². The van der Waals surface area contributed by atoms with Crippen molar-refractivity contribution in [3.05, 3.63) is 34.9 Å². The first kappa shape index (κ1) is 16.8. The molecule has 6 heteroatoms. The summed E-state index contributed by atoms with van der Waals surface area (Å²) in [5.74, 6) is -0.335. The number of aliphatic hydroxyl groups is 1. The zero-order valence-corrected chi connectivity index (χ0v) is 13.1. The molecule has 1 atom stereocenters. The van der Waals surface area contributed by atoms with Gasteiger partial charge in [-0.1, -0.05) is 42.6 Å². The van der Waals surface area contributed by atoms with Crippen LogP contribution < -0.4 is 10.6 Å². The second-order valence-corrected chi connectivity index (χ2v) is 5.95. The second kappa shape index (κ2) is 8.15. The van der Waals surface area contributed by atoms with E-state index >= 15 is 0 Å². The predicted molar refractivity (Wildman–Crippen MR) is 84.4 cm³/mol. The Balaban J connectivity index is 1.71. The van der Waals surface area contributed by atoms with Crippen LogP contribution in [0.2, 0.25) is 5.02 Å². The third-order valence-electron chi connectivity index (χ3n) is 3.91. The number of carbonyl (C=O) groups excluding carboxylic acids is 2. The normalized spacial score (nSPS) is 16.3. The largest absolute Gasteiger partial charge is 0.387 e. The van der Waals surface area contributed by atoms with E-state index in [-0.39, 0.29) is 30.8 Å². The zero-order valence-electron chi connectivity index (χ0n) is 12.3. The van der Waals surface area contributed by atoms with Crippen molar-refractivity contribution in [1.82, 2.24) is 10.6 Å². The minimum Gasteiger partial charge on any atom is -0.387 e. The fourth-order valence-corrected chi connectivity index (χ4v) is 2.89. The monoisotopic (exact) mass is 324 g/mol. The maximum absolute atomic E-state index is 11.8. The van der Waals surface area contributed by atoms with Crippen molar-refractivity contribution in [2.45, 2.75) is 31.8 Å². The lowest BCUT2D eigenvalue weighted by molar-refractivity contribution is -0.128. The first-order valence-corrected chi connectivity index (χ1v) is 7.92. The summed E-state index contributed by atoms with van der Waals surface area (Å²) in [5, 5.41) is 15.7. The minimum absolute atomic E-state index is 0.0431. The molecule has 0 spiro atoms. The van der Waals surface area contributed by atoms with Crippen LogP contribution in [-0.4, -0.2) is 30.0 Å². The molecule has 22 heavy (non-hydrogen) atoms. The molecular formula is C16H21ClN2O3. The molecule has 0 heterocycles. The Morgan fingerprint density at radius 1 is 1.23 bits per heavy atom. The molecule has 1 saturated carbocycles. The summed E-state index contributed by atoms with van der Waals surface area (Å²) in [6, 6.07) is 6.94. The van der Waals surface area contributed by atoms with Crippen LogP contribution in [0.3, 0.4) is 0 Å². The van der Waals surface area contributed by atoms with E-state index in [4.69, 9.17) is 11.6 Å². The molecule has 0 saturated heterocycles. The van der Waals surface area contributed by atoms with Crippen molar-refractivity contribution in [2.24, 2.45) is 5.92 Å². The maximum Gasteiger partial charge on any atom is 0.239 e. The topological polar surface area (TPSA) is 78.4 Å². The molecule has 1 unspecified atom stereocenters. The van der Waals surface area contributed by atoms with Gasteiger partial charge in [-0.2, -0.15) is 0 Å². The average Bonchev–Trinajstić information content (AvgIpc) is 3.05. The standard InChI is InChI=1S/C16H21ClN2O3/c17-13-8-4-3-7-12(13)14(20)9-18-15(21)10-19-16(22)11-5-1-2-6-11/h3-4,7-8,11,14,20H,1-2,5-6,9-10H2,(H,18,21)(H,19,22). The number of rotatable bonds is 6. The van der Waals surface area contributed by atoms with Crippen LogP contribution in [-0.2, 0) is 9.59 Å². The molecule has 1 aliphatic carbocycles. The zero-order chi connectivity index (χ0) is 15.9. The third kappa shape index (κ3) is 4.71. The summed E-state index contributed by atoms with van der Waals surface area (Å²) in [6.45, 7) is -0.00750. The Morgan fingerprint density at radius 2 is 1.91 bits per heavy atom. The summed E-state index contributed by atoms with van der Waals surface area (Å²) in [6.07, 6.45) is 3.09. The summed E-state index contributed by atoms with van der Waals surface area (Å²) < 4.78 is 0. The molecule has 1 fully saturated rings. The van der Waals surface area contributed by atoms with Crippen LogP contribution in [0.25, 0.3) is 0 Å². The van der Waals surface area contributed by atoms with Crippen molar-refractivity contribution in [3.63, 3.8) is 0 Å². The van der Waals surface area contributed by atoms with Crippen molar-refractivity contribution in [3.8, 4) is 0 Å². The molecule has 2 rings (SSSR count). The van der Waals surface area contributed by atoms with Gasteiger partial charge in [-0.3, -0.25) is 9.59 Å². The highest BCUT2D eigenvalue weighted by Crippen LogP contribution is 2.24. The third-order valence-corrected chi connectivity index (χ3v) is 4.25. The highest BCUT2D eigenvalue weighted by molar-refractivity contribution is 6.31. The highest BCUT2D eigenvalue weighted by atomic mass is 35.5. The lowest BCUT2D eigenvalue weighted by atomic mass is 10.1. The predicted octanol–water partition coefficient (Wildman–Crippen LogP) is 1.80. The number of benzene rings is 1. The number of carbonyl (C=O) groups is 2. The van der Waals surface area contributed by atoms with E-state index in [9.17, 15) is 14.7 Å². The molecule has 0 aromatic heterocycles. The summed E-state index contributed by atoms with van der Waals surface area (Å²) >= 11 is 5.98. The molecule has 0 aliphatic heterocycles. The quantitative estimate of drug-likeness (QED) is 0.746. The molecule has 0 radical (unpaired) electrons. The van der Waals surface area contributed by atoms with Gasteiger partial charge in [-0.25, -0.2) is 0 Å². The van der Waals surface area contributed by atoms with E-state index in [0.29, 0.717) is 10.6 Å². The Bertz CT molecular complexity index is 530. The Morgan fingerprint density at radius 3 is 2.59 bits per heavy atom. The summed E-state index contributed by atoms with van der Waals surface area (Å²) in [4.78, 5) is 23.5. The van der Waals surface area contributed by atoms with Crippen molar-refractivity contribution < 1.29 is 14.7 Å². The smallest absolute Gasteiger partial charge is 0.239 e. The summed E-state index contributed by atoms with van der Waals surface area (Å²) in [5.41, 5.74) is 0.569. The lowest BCUT2D eigenvalue weighted by Gasteiger charge is -2.14. The number of halogens is 1. The minimum atomic E-state index is -0.872. The Labute approximate surface area is 135 Å². The van der Waals surface area contributed by atoms with Crippen LogP contribution in [0, 0.1) is 5.92 Å². The van der Waals surface area contributed by atoms with Gasteiger partial charge in [0.15, 0.2) is 0 Å². The van der Waals surface area contributed by atoms with E-state index in [1.54, 1.807) is 24.3 Å². The molecule has 0 bridgehead atoms. The first-order chi connectivity index (χ1) is 10.6. The molecule has 2 amide bonds. The second-order valence-electron chi connectivity index (χ2n) is 5.54. The van der Waals surface area contributed by atoms with Crippen LogP contribution in [0.1, 0.15) is 37.4 Å². The van der Waals surface area contributed by atoms with Gasteiger partial charge in [0.1, 0.15) is 0 Å². The Hall–Kier alpha value is -1.59. The van der Waals surface area contributed by atoms with Crippen LogP contribution >= 0.6 is 11.6 Å². The molecule has 120 valence electrons. The molecule has 5 nitrogen and oxygen atoms in total. The van der Waals surface area contributed by atoms with E-state index in [2.05, 4.69) is 10.6 Å². The van der Waals surface area contributed by atoms with Crippen molar-refractivity contribution >= 4 is 23.4 Å². The first-order valence-electron chi connectivity index (χ1n) is 7.55. The van der Waals surface area contributed by atoms with Gasteiger partial charge in [0, 0.05) is 23.0 Å². The summed E-state index contributed by atoms with van der Waals surface area (Å²) in [7, 11) is 0. The molecule has 1 aromatic carbocycles. The van der Waals surface area contributed by atoms with Crippen LogP contribution in [0.15, 0.2) is 24.3 Å². The molecule has 3 N–H and O–H groups in total. The van der Waals surface area contributed by atoms with Gasteiger partial charge in [-0.05, 0) is 18.9 Å². The number of nitrogens with one attached hydrogen (secondary N) is 2. The van der Waals surface area contributed by atoms with E-state index < -0.39 is 6.10 Å². The number of hydrogen-bond acceptors (Lipinski definition) is 3. The lowest BCUT2D eigenvalue weighted by Crippen LogP contribution is -2.40. The highest BCUT2D eigenvalue weighted by Gasteiger charge is 2.22. The van der Waals surface area contributed by atoms with Gasteiger partial charge in [0.2, 0.25) is 11.8 Å². The maximum atomic E-state index is 11.8. The van der Waals surface area contributed by atoms with E-state index in [0.717, 1.165) is 25.7 Å². The van der Waals surface area contributed by atoms with Crippen LogP contribution in [0.4, 0.5) is 0 Å². The number of hydrogen-bond donors (Lipinski definition) is 3. The average molecular weight is 325 g/mol. The molecular weight excluding hydrogens is 304 g/mol. The van der Waals surface area contributed by atoms with E-state index in [1.165, 1.54) is 0 Å².